The number of ether oxygens (including phenoxy) is 2. The normalized spacial score (nSPS) is 13.8. The molecule has 2 aliphatic rings. The molecule has 0 radical (unpaired) electrons. The van der Waals surface area contributed by atoms with Crippen LogP contribution in [0.4, 0.5) is 11.6 Å². The Hall–Kier alpha value is -4.59. The minimum Gasteiger partial charge on any atom is -0.497 e. The molecule has 2 aromatic heterocycles. The number of nitrogens with zero attached hydrogens (tertiary/aromatic N) is 4. The number of allylic oxidation sites excluding steroid dienone is 1. The van der Waals surface area contributed by atoms with Crippen molar-refractivity contribution in [2.75, 3.05) is 25.1 Å². The highest BCUT2D eigenvalue weighted by molar-refractivity contribution is 5.96. The molecule has 0 unspecified atom stereocenters. The van der Waals surface area contributed by atoms with Crippen molar-refractivity contribution in [3.05, 3.63) is 101 Å². The zero-order valence-electron chi connectivity index (χ0n) is 22.2. The number of aromatic nitrogens is 3. The molecule has 0 fully saturated rings. The van der Waals surface area contributed by atoms with Crippen LogP contribution in [0.25, 0.3) is 5.57 Å². The SMILES string of the molecule is COc1ccc(COc2nc(N3CCc4ccccc43)ncc2C(=O)NCCC2=C(C)c3cccn3C2)cc1. The summed E-state index contributed by atoms with van der Waals surface area (Å²) in [7, 11) is 1.64. The van der Waals surface area contributed by atoms with Gasteiger partial charge in [0.15, 0.2) is 0 Å². The van der Waals surface area contributed by atoms with Gasteiger partial charge in [-0.3, -0.25) is 4.79 Å². The number of benzene rings is 2. The molecule has 1 amide bonds. The fraction of sp³-hybridized carbons (Fsp3) is 0.258. The maximum atomic E-state index is 13.3. The van der Waals surface area contributed by atoms with Gasteiger partial charge in [0.1, 0.15) is 17.9 Å². The van der Waals surface area contributed by atoms with Gasteiger partial charge in [-0.2, -0.15) is 4.98 Å². The first-order valence-electron chi connectivity index (χ1n) is 13.2. The second kappa shape index (κ2) is 10.6. The Morgan fingerprint density at radius 2 is 1.92 bits per heavy atom. The quantitative estimate of drug-likeness (QED) is 0.327. The molecule has 2 aliphatic heterocycles. The Balaban J connectivity index is 1.20. The number of carbonyl (C=O) groups is 1. The number of amides is 1. The Bertz CT molecular complexity index is 1540. The number of methoxy groups -OCH3 is 1. The van der Waals surface area contributed by atoms with E-state index in [2.05, 4.69) is 57.2 Å². The van der Waals surface area contributed by atoms with Gasteiger partial charge >= 0.3 is 0 Å². The first kappa shape index (κ1) is 24.7. The molecule has 4 heterocycles. The van der Waals surface area contributed by atoms with Crippen LogP contribution >= 0.6 is 0 Å². The first-order valence-corrected chi connectivity index (χ1v) is 13.2. The van der Waals surface area contributed by atoms with Gasteiger partial charge in [0, 0.05) is 43.4 Å². The molecule has 0 bridgehead atoms. The van der Waals surface area contributed by atoms with Crippen LogP contribution in [0.1, 0.15) is 40.5 Å². The zero-order chi connectivity index (χ0) is 26.8. The summed E-state index contributed by atoms with van der Waals surface area (Å²) in [5.74, 6) is 1.32. The van der Waals surface area contributed by atoms with Crippen molar-refractivity contribution in [3.63, 3.8) is 0 Å². The van der Waals surface area contributed by atoms with Gasteiger partial charge in [-0.25, -0.2) is 4.98 Å². The molecule has 4 aromatic rings. The maximum absolute atomic E-state index is 13.3. The zero-order valence-corrected chi connectivity index (χ0v) is 22.2. The van der Waals surface area contributed by atoms with Crippen molar-refractivity contribution >= 4 is 23.1 Å². The molecular formula is C31H31N5O3. The topological polar surface area (TPSA) is 81.5 Å². The van der Waals surface area contributed by atoms with Crippen LogP contribution in [0.3, 0.4) is 0 Å². The molecule has 8 nitrogen and oxygen atoms in total. The van der Waals surface area contributed by atoms with Gasteiger partial charge < -0.3 is 24.3 Å². The molecule has 0 saturated heterocycles. The van der Waals surface area contributed by atoms with Crippen LogP contribution < -0.4 is 19.7 Å². The highest BCUT2D eigenvalue weighted by Gasteiger charge is 2.25. The van der Waals surface area contributed by atoms with Crippen molar-refractivity contribution < 1.29 is 14.3 Å². The van der Waals surface area contributed by atoms with Crippen LogP contribution in [0.2, 0.25) is 0 Å². The number of anilines is 2. The highest BCUT2D eigenvalue weighted by atomic mass is 16.5. The predicted molar refractivity (Wildman–Crippen MR) is 150 cm³/mol. The lowest BCUT2D eigenvalue weighted by Gasteiger charge is -2.19. The molecule has 198 valence electrons. The second-order valence-electron chi connectivity index (χ2n) is 9.81. The minimum atomic E-state index is -0.246. The van der Waals surface area contributed by atoms with E-state index >= 15 is 0 Å². The van der Waals surface area contributed by atoms with Gasteiger partial charge in [0.2, 0.25) is 11.8 Å². The highest BCUT2D eigenvalue weighted by Crippen LogP contribution is 2.34. The van der Waals surface area contributed by atoms with Crippen molar-refractivity contribution in [1.29, 1.82) is 0 Å². The molecular weight excluding hydrogens is 490 g/mol. The van der Waals surface area contributed by atoms with Gasteiger partial charge in [-0.05, 0) is 72.4 Å². The van der Waals surface area contributed by atoms with Crippen molar-refractivity contribution in [2.45, 2.75) is 32.9 Å². The monoisotopic (exact) mass is 521 g/mol. The van der Waals surface area contributed by atoms with Crippen molar-refractivity contribution in [3.8, 4) is 11.6 Å². The van der Waals surface area contributed by atoms with E-state index in [0.29, 0.717) is 18.1 Å². The number of hydrogen-bond donors (Lipinski definition) is 1. The summed E-state index contributed by atoms with van der Waals surface area (Å²) in [5.41, 5.74) is 7.48. The lowest BCUT2D eigenvalue weighted by Crippen LogP contribution is -2.26. The summed E-state index contributed by atoms with van der Waals surface area (Å²) in [6.45, 7) is 4.58. The molecule has 8 heteroatoms. The van der Waals surface area contributed by atoms with E-state index in [4.69, 9.17) is 14.5 Å². The van der Waals surface area contributed by atoms with Gasteiger partial charge in [0.25, 0.3) is 5.91 Å². The number of para-hydroxylation sites is 1. The Labute approximate surface area is 227 Å². The van der Waals surface area contributed by atoms with E-state index in [0.717, 1.165) is 42.9 Å². The smallest absolute Gasteiger partial charge is 0.258 e. The fourth-order valence-corrected chi connectivity index (χ4v) is 5.26. The lowest BCUT2D eigenvalue weighted by atomic mass is 10.1. The van der Waals surface area contributed by atoms with Crippen LogP contribution in [0, 0.1) is 0 Å². The molecule has 6 rings (SSSR count). The number of hydrogen-bond acceptors (Lipinski definition) is 6. The lowest BCUT2D eigenvalue weighted by molar-refractivity contribution is 0.0948. The standard InChI is InChI=1S/C31H31N5O3/c1-21-24(19-35-16-5-8-27(21)35)13-15-32-29(37)26-18-33-31(36-17-14-23-6-3-4-7-28(23)36)34-30(26)39-20-22-9-11-25(38-2)12-10-22/h3-12,16,18H,13-15,17,19-20H2,1-2H3,(H,32,37). The Morgan fingerprint density at radius 3 is 2.74 bits per heavy atom. The predicted octanol–water partition coefficient (Wildman–Crippen LogP) is 5.17. The van der Waals surface area contributed by atoms with E-state index in [1.807, 2.05) is 36.4 Å². The van der Waals surface area contributed by atoms with Gasteiger partial charge in [-0.15, -0.1) is 0 Å². The number of nitrogens with one attached hydrogen (secondary N) is 1. The minimum absolute atomic E-state index is 0.246. The second-order valence-corrected chi connectivity index (χ2v) is 9.81. The van der Waals surface area contributed by atoms with Crippen molar-refractivity contribution in [2.24, 2.45) is 0 Å². The van der Waals surface area contributed by atoms with E-state index in [-0.39, 0.29) is 18.4 Å². The number of rotatable bonds is 9. The molecule has 1 N–H and O–H groups in total. The van der Waals surface area contributed by atoms with Crippen LogP contribution in [0.15, 0.2) is 78.6 Å². The average Bonchev–Trinajstić information content (AvgIpc) is 3.69. The third-order valence-corrected chi connectivity index (χ3v) is 7.47. The molecule has 39 heavy (non-hydrogen) atoms. The van der Waals surface area contributed by atoms with Gasteiger partial charge in [-0.1, -0.05) is 30.3 Å². The third kappa shape index (κ3) is 4.97. The van der Waals surface area contributed by atoms with E-state index in [9.17, 15) is 4.79 Å². The third-order valence-electron chi connectivity index (χ3n) is 7.47. The number of carbonyl (C=O) groups excluding carboxylic acids is 1. The summed E-state index contributed by atoms with van der Waals surface area (Å²) in [4.78, 5) is 24.7. The summed E-state index contributed by atoms with van der Waals surface area (Å²) >= 11 is 0. The molecule has 0 atom stereocenters. The molecule has 0 aliphatic carbocycles. The van der Waals surface area contributed by atoms with Crippen LogP contribution in [0.5, 0.6) is 11.6 Å². The summed E-state index contributed by atoms with van der Waals surface area (Å²) in [6, 6.07) is 20.1. The van der Waals surface area contributed by atoms with E-state index in [1.54, 1.807) is 13.3 Å². The molecule has 2 aromatic carbocycles. The maximum Gasteiger partial charge on any atom is 0.258 e. The van der Waals surface area contributed by atoms with Crippen LogP contribution in [-0.4, -0.2) is 40.6 Å². The summed E-state index contributed by atoms with van der Waals surface area (Å²) < 4.78 is 13.6. The summed E-state index contributed by atoms with van der Waals surface area (Å²) in [6.07, 6.45) is 5.37. The van der Waals surface area contributed by atoms with Gasteiger partial charge in [0.05, 0.1) is 7.11 Å². The van der Waals surface area contributed by atoms with Crippen LogP contribution in [-0.2, 0) is 19.6 Å². The Morgan fingerprint density at radius 1 is 1.08 bits per heavy atom. The fourth-order valence-electron chi connectivity index (χ4n) is 5.26. The van der Waals surface area contributed by atoms with Crippen molar-refractivity contribution in [1.82, 2.24) is 19.9 Å². The van der Waals surface area contributed by atoms with E-state index < -0.39 is 0 Å². The summed E-state index contributed by atoms with van der Waals surface area (Å²) in [5, 5.41) is 3.05. The average molecular weight is 522 g/mol. The largest absolute Gasteiger partial charge is 0.497 e. The number of fused-ring (bicyclic) bond motifs is 2. The first-order chi connectivity index (χ1) is 19.1. The van der Waals surface area contributed by atoms with E-state index in [1.165, 1.54) is 22.4 Å². The molecule has 0 saturated carbocycles. The molecule has 0 spiro atoms. The Kier molecular flexibility index (Phi) is 6.75.